The second-order valence-corrected chi connectivity index (χ2v) is 8.33. The third-order valence-electron chi connectivity index (χ3n) is 5.69. The number of nitrogens with zero attached hydrogens (tertiary/aromatic N) is 4. The molecule has 4 rings (SSSR count). The van der Waals surface area contributed by atoms with Crippen molar-refractivity contribution in [2.75, 3.05) is 31.1 Å². The molecule has 0 radical (unpaired) electrons. The Morgan fingerprint density at radius 1 is 1.16 bits per heavy atom. The summed E-state index contributed by atoms with van der Waals surface area (Å²) in [5, 5.41) is 18.7. The maximum atomic E-state index is 10.9. The standard InChI is InChI=1S/C24H31N5O2/c1-19-15-20(2)29(27-19)13-14-31-22-8-6-21(7-9-22)16-25-17-24(30)10-12-28(18-24)23-5-3-4-11-26-23/h3-9,11,15,25,30H,10,12-14,16-18H2,1-2H3/t24-/m0/s1. The van der Waals surface area contributed by atoms with Crippen molar-refractivity contribution in [3.8, 4) is 5.75 Å². The Morgan fingerprint density at radius 3 is 2.71 bits per heavy atom. The van der Waals surface area contributed by atoms with Gasteiger partial charge in [0.05, 0.1) is 17.8 Å². The molecule has 2 N–H and O–H groups in total. The van der Waals surface area contributed by atoms with Gasteiger partial charge in [0.25, 0.3) is 0 Å². The Labute approximate surface area is 183 Å². The molecule has 1 fully saturated rings. The van der Waals surface area contributed by atoms with E-state index in [0.717, 1.165) is 48.0 Å². The minimum atomic E-state index is -0.733. The molecular formula is C24H31N5O2. The van der Waals surface area contributed by atoms with Crippen molar-refractivity contribution >= 4 is 5.82 Å². The predicted molar refractivity (Wildman–Crippen MR) is 121 cm³/mol. The summed E-state index contributed by atoms with van der Waals surface area (Å²) >= 11 is 0. The lowest BCUT2D eigenvalue weighted by molar-refractivity contribution is 0.0626. The molecule has 3 heterocycles. The minimum absolute atomic E-state index is 0.553. The summed E-state index contributed by atoms with van der Waals surface area (Å²) in [6, 6.07) is 16.0. The van der Waals surface area contributed by atoms with Crippen LogP contribution in [-0.4, -0.2) is 51.7 Å². The van der Waals surface area contributed by atoms with Crippen molar-refractivity contribution in [3.63, 3.8) is 0 Å². The van der Waals surface area contributed by atoms with E-state index in [9.17, 15) is 5.11 Å². The highest BCUT2D eigenvalue weighted by molar-refractivity contribution is 5.40. The van der Waals surface area contributed by atoms with E-state index < -0.39 is 5.60 Å². The van der Waals surface area contributed by atoms with Crippen molar-refractivity contribution < 1.29 is 9.84 Å². The van der Waals surface area contributed by atoms with E-state index in [2.05, 4.69) is 45.4 Å². The van der Waals surface area contributed by atoms with Gasteiger partial charge in [-0.25, -0.2) is 4.98 Å². The van der Waals surface area contributed by atoms with Crippen LogP contribution in [-0.2, 0) is 13.1 Å². The van der Waals surface area contributed by atoms with Crippen LogP contribution in [0.1, 0.15) is 23.4 Å². The molecule has 2 aromatic heterocycles. The van der Waals surface area contributed by atoms with Gasteiger partial charge in [0, 0.05) is 38.1 Å². The first-order chi connectivity index (χ1) is 15.0. The first kappa shape index (κ1) is 21.3. The Morgan fingerprint density at radius 2 is 2.00 bits per heavy atom. The summed E-state index contributed by atoms with van der Waals surface area (Å²) in [6.07, 6.45) is 2.52. The van der Waals surface area contributed by atoms with Crippen LogP contribution >= 0.6 is 0 Å². The summed E-state index contributed by atoms with van der Waals surface area (Å²) in [6.45, 7) is 8.04. The van der Waals surface area contributed by atoms with E-state index in [0.29, 0.717) is 26.2 Å². The van der Waals surface area contributed by atoms with Crippen LogP contribution in [0.15, 0.2) is 54.7 Å². The fraction of sp³-hybridized carbons (Fsp3) is 0.417. The van der Waals surface area contributed by atoms with E-state index in [4.69, 9.17) is 4.74 Å². The summed E-state index contributed by atoms with van der Waals surface area (Å²) in [4.78, 5) is 6.52. The van der Waals surface area contributed by atoms with Gasteiger partial charge in [-0.15, -0.1) is 0 Å². The third kappa shape index (κ3) is 5.62. The fourth-order valence-corrected chi connectivity index (χ4v) is 4.03. The fourth-order valence-electron chi connectivity index (χ4n) is 4.03. The van der Waals surface area contributed by atoms with Gasteiger partial charge in [-0.3, -0.25) is 4.68 Å². The first-order valence-corrected chi connectivity index (χ1v) is 10.8. The number of nitrogens with one attached hydrogen (secondary N) is 1. The topological polar surface area (TPSA) is 75.4 Å². The van der Waals surface area contributed by atoms with E-state index >= 15 is 0 Å². The zero-order valence-corrected chi connectivity index (χ0v) is 18.3. The molecular weight excluding hydrogens is 390 g/mol. The lowest BCUT2D eigenvalue weighted by Crippen LogP contribution is -2.43. The number of aromatic nitrogens is 3. The molecule has 3 aromatic rings. The second kappa shape index (κ2) is 9.49. The molecule has 0 saturated carbocycles. The molecule has 164 valence electrons. The van der Waals surface area contributed by atoms with Crippen LogP contribution in [0.2, 0.25) is 0 Å². The van der Waals surface area contributed by atoms with Crippen LogP contribution in [0, 0.1) is 13.8 Å². The molecule has 0 aliphatic carbocycles. The Bertz CT molecular complexity index is 973. The molecule has 1 saturated heterocycles. The number of rotatable bonds is 9. The predicted octanol–water partition coefficient (Wildman–Crippen LogP) is 2.70. The van der Waals surface area contributed by atoms with Gasteiger partial charge in [-0.05, 0) is 56.2 Å². The van der Waals surface area contributed by atoms with Crippen molar-refractivity contribution in [2.45, 2.75) is 39.0 Å². The highest BCUT2D eigenvalue weighted by Crippen LogP contribution is 2.25. The smallest absolute Gasteiger partial charge is 0.128 e. The summed E-state index contributed by atoms with van der Waals surface area (Å²) < 4.78 is 7.82. The number of pyridine rings is 1. The first-order valence-electron chi connectivity index (χ1n) is 10.8. The lowest BCUT2D eigenvalue weighted by Gasteiger charge is -2.24. The van der Waals surface area contributed by atoms with Crippen LogP contribution in [0.5, 0.6) is 5.75 Å². The molecule has 0 spiro atoms. The highest BCUT2D eigenvalue weighted by atomic mass is 16.5. The molecule has 0 amide bonds. The lowest BCUT2D eigenvalue weighted by atomic mass is 10.0. The summed E-state index contributed by atoms with van der Waals surface area (Å²) in [5.74, 6) is 1.78. The van der Waals surface area contributed by atoms with Gasteiger partial charge in [-0.1, -0.05) is 18.2 Å². The van der Waals surface area contributed by atoms with Gasteiger partial charge >= 0.3 is 0 Å². The average Bonchev–Trinajstić information content (AvgIpc) is 3.31. The van der Waals surface area contributed by atoms with Crippen molar-refractivity contribution in [1.82, 2.24) is 20.1 Å². The Hall–Kier alpha value is -2.90. The van der Waals surface area contributed by atoms with Gasteiger partial charge < -0.3 is 20.1 Å². The van der Waals surface area contributed by atoms with E-state index in [1.165, 1.54) is 0 Å². The SMILES string of the molecule is Cc1cc(C)n(CCOc2ccc(CNC[C@@]3(O)CCN(c4ccccn4)C3)cc2)n1. The minimum Gasteiger partial charge on any atom is -0.492 e. The monoisotopic (exact) mass is 421 g/mol. The molecule has 1 aromatic carbocycles. The van der Waals surface area contributed by atoms with Crippen LogP contribution < -0.4 is 15.0 Å². The Balaban J connectivity index is 1.19. The van der Waals surface area contributed by atoms with Gasteiger partial charge in [-0.2, -0.15) is 5.10 Å². The number of aryl methyl sites for hydroxylation is 2. The average molecular weight is 422 g/mol. The molecule has 1 atom stereocenters. The van der Waals surface area contributed by atoms with E-state index in [-0.39, 0.29) is 0 Å². The third-order valence-corrected chi connectivity index (χ3v) is 5.69. The van der Waals surface area contributed by atoms with Crippen LogP contribution in [0.3, 0.4) is 0 Å². The van der Waals surface area contributed by atoms with Crippen molar-refractivity contribution in [1.29, 1.82) is 0 Å². The zero-order valence-electron chi connectivity index (χ0n) is 18.3. The number of benzene rings is 1. The van der Waals surface area contributed by atoms with E-state index in [1.807, 2.05) is 41.9 Å². The number of hydrogen-bond donors (Lipinski definition) is 2. The summed E-state index contributed by atoms with van der Waals surface area (Å²) in [7, 11) is 0. The number of hydrogen-bond acceptors (Lipinski definition) is 6. The van der Waals surface area contributed by atoms with Gasteiger partial charge in [0.1, 0.15) is 18.2 Å². The molecule has 7 nitrogen and oxygen atoms in total. The molecule has 7 heteroatoms. The number of β-amino-alcohol motifs (C(OH)–C–C–N with tert-alkyl or cyclic N) is 1. The zero-order chi connectivity index (χ0) is 21.7. The maximum absolute atomic E-state index is 10.9. The quantitative estimate of drug-likeness (QED) is 0.553. The summed E-state index contributed by atoms with van der Waals surface area (Å²) in [5.41, 5.74) is 2.61. The number of ether oxygens (including phenoxy) is 1. The number of anilines is 1. The van der Waals surface area contributed by atoms with Gasteiger partial charge in [0.2, 0.25) is 0 Å². The molecule has 1 aliphatic rings. The van der Waals surface area contributed by atoms with E-state index in [1.54, 1.807) is 6.20 Å². The molecule has 0 unspecified atom stereocenters. The van der Waals surface area contributed by atoms with Crippen molar-refractivity contribution in [2.24, 2.45) is 0 Å². The van der Waals surface area contributed by atoms with Crippen molar-refractivity contribution in [3.05, 3.63) is 71.7 Å². The normalized spacial score (nSPS) is 18.5. The van der Waals surface area contributed by atoms with Crippen LogP contribution in [0.25, 0.3) is 0 Å². The molecule has 31 heavy (non-hydrogen) atoms. The molecule has 1 aliphatic heterocycles. The number of aliphatic hydroxyl groups is 1. The largest absolute Gasteiger partial charge is 0.492 e. The highest BCUT2D eigenvalue weighted by Gasteiger charge is 2.36. The van der Waals surface area contributed by atoms with Gasteiger partial charge in [0.15, 0.2) is 0 Å². The molecule has 0 bridgehead atoms. The maximum Gasteiger partial charge on any atom is 0.128 e. The second-order valence-electron chi connectivity index (χ2n) is 8.33. The Kier molecular flexibility index (Phi) is 6.53. The van der Waals surface area contributed by atoms with Crippen LogP contribution in [0.4, 0.5) is 5.82 Å².